The average Bonchev–Trinajstić information content (AvgIpc) is 2.96. The number of pyridine rings is 1. The molecule has 1 amide bonds. The van der Waals surface area contributed by atoms with Gasteiger partial charge in [0.2, 0.25) is 0 Å². The molecule has 0 radical (unpaired) electrons. The number of carbonyl (C=O) groups excluding carboxylic acids is 1. The Bertz CT molecular complexity index is 797. The number of anilines is 1. The molecule has 0 bridgehead atoms. The van der Waals surface area contributed by atoms with E-state index in [-0.39, 0.29) is 10.7 Å². The predicted octanol–water partition coefficient (Wildman–Crippen LogP) is 4.51. The fraction of sp³-hybridized carbons (Fsp3) is 0.125. The van der Waals surface area contributed by atoms with Gasteiger partial charge in [0, 0.05) is 10.9 Å². The van der Waals surface area contributed by atoms with Crippen LogP contribution in [0.2, 0.25) is 0 Å². The van der Waals surface area contributed by atoms with Crippen LogP contribution in [0.25, 0.3) is 10.1 Å². The summed E-state index contributed by atoms with van der Waals surface area (Å²) in [5.74, 6) is -0.727. The summed E-state index contributed by atoms with van der Waals surface area (Å²) in [4.78, 5) is 17.4. The van der Waals surface area contributed by atoms with Crippen molar-refractivity contribution in [3.05, 3.63) is 59.6 Å². The first kappa shape index (κ1) is 15.5. The van der Waals surface area contributed by atoms with E-state index >= 15 is 0 Å². The lowest BCUT2D eigenvalue weighted by atomic mass is 10.2. The number of hydrogen-bond acceptors (Lipinski definition) is 3. The van der Waals surface area contributed by atoms with Crippen LogP contribution in [-0.2, 0) is 0 Å². The highest BCUT2D eigenvalue weighted by atomic mass is 32.1. The number of alkyl halides is 3. The fourth-order valence-electron chi connectivity index (χ4n) is 2.17. The molecule has 118 valence electrons. The summed E-state index contributed by atoms with van der Waals surface area (Å²) in [6, 6.07) is 13.4. The molecule has 0 atom stereocenters. The van der Waals surface area contributed by atoms with Gasteiger partial charge in [-0.3, -0.25) is 9.69 Å². The monoisotopic (exact) mass is 336 g/mol. The summed E-state index contributed by atoms with van der Waals surface area (Å²) in [6.07, 6.45) is -3.15. The quantitative estimate of drug-likeness (QED) is 0.705. The van der Waals surface area contributed by atoms with Gasteiger partial charge in [-0.25, -0.2) is 4.98 Å². The molecule has 0 N–H and O–H groups in total. The lowest BCUT2D eigenvalue weighted by Crippen LogP contribution is -2.39. The first-order chi connectivity index (χ1) is 10.9. The van der Waals surface area contributed by atoms with Crippen molar-refractivity contribution in [2.45, 2.75) is 6.18 Å². The number of thiophene rings is 1. The Labute approximate surface area is 134 Å². The zero-order valence-electron chi connectivity index (χ0n) is 11.7. The molecule has 2 aromatic heterocycles. The molecule has 0 aliphatic rings. The van der Waals surface area contributed by atoms with Crippen LogP contribution in [-0.4, -0.2) is 23.6 Å². The third kappa shape index (κ3) is 3.50. The highest BCUT2D eigenvalue weighted by Gasteiger charge is 2.35. The van der Waals surface area contributed by atoms with Gasteiger partial charge in [0.15, 0.2) is 0 Å². The minimum atomic E-state index is -4.51. The van der Waals surface area contributed by atoms with Crippen LogP contribution in [0.1, 0.15) is 9.67 Å². The van der Waals surface area contributed by atoms with Crippen molar-refractivity contribution < 1.29 is 18.0 Å². The minimum absolute atomic E-state index is 0.0210. The Morgan fingerprint density at radius 2 is 1.87 bits per heavy atom. The van der Waals surface area contributed by atoms with Crippen molar-refractivity contribution in [1.29, 1.82) is 0 Å². The molecule has 3 aromatic rings. The molecule has 0 spiro atoms. The SMILES string of the molecule is O=C(c1cc2ccccc2s1)N(CC(F)(F)F)c1ccccn1. The van der Waals surface area contributed by atoms with Gasteiger partial charge >= 0.3 is 6.18 Å². The Morgan fingerprint density at radius 3 is 2.52 bits per heavy atom. The van der Waals surface area contributed by atoms with Crippen molar-refractivity contribution in [3.63, 3.8) is 0 Å². The summed E-state index contributed by atoms with van der Waals surface area (Å²) < 4.78 is 39.4. The van der Waals surface area contributed by atoms with Crippen LogP contribution in [0.15, 0.2) is 54.7 Å². The molecule has 0 fully saturated rings. The molecule has 0 aliphatic heterocycles. The second kappa shape index (κ2) is 6.00. The molecule has 0 saturated carbocycles. The van der Waals surface area contributed by atoms with E-state index in [1.807, 2.05) is 24.3 Å². The zero-order chi connectivity index (χ0) is 16.4. The molecule has 7 heteroatoms. The van der Waals surface area contributed by atoms with E-state index in [1.54, 1.807) is 18.2 Å². The van der Waals surface area contributed by atoms with Gasteiger partial charge in [-0.05, 0) is 29.7 Å². The number of hydrogen-bond donors (Lipinski definition) is 0. The first-order valence-electron chi connectivity index (χ1n) is 6.72. The minimum Gasteiger partial charge on any atom is -0.283 e. The Morgan fingerprint density at radius 1 is 1.13 bits per heavy atom. The van der Waals surface area contributed by atoms with Gasteiger partial charge < -0.3 is 0 Å². The summed E-state index contributed by atoms with van der Waals surface area (Å²) in [6.45, 7) is -1.38. The van der Waals surface area contributed by atoms with Crippen LogP contribution >= 0.6 is 11.3 Å². The molecule has 0 saturated heterocycles. The van der Waals surface area contributed by atoms with Crippen molar-refractivity contribution in [2.75, 3.05) is 11.4 Å². The topological polar surface area (TPSA) is 33.2 Å². The van der Waals surface area contributed by atoms with Crippen molar-refractivity contribution in [3.8, 4) is 0 Å². The van der Waals surface area contributed by atoms with E-state index in [9.17, 15) is 18.0 Å². The number of nitrogens with zero attached hydrogens (tertiary/aromatic N) is 2. The van der Waals surface area contributed by atoms with Crippen LogP contribution in [0.4, 0.5) is 19.0 Å². The van der Waals surface area contributed by atoms with Crippen LogP contribution in [0, 0.1) is 0 Å². The second-order valence-electron chi connectivity index (χ2n) is 4.84. The van der Waals surface area contributed by atoms with Gasteiger partial charge in [0.25, 0.3) is 5.91 Å². The maximum absolute atomic E-state index is 12.9. The van der Waals surface area contributed by atoms with Crippen molar-refractivity contribution >= 4 is 33.1 Å². The largest absolute Gasteiger partial charge is 0.406 e. The number of fused-ring (bicyclic) bond motifs is 1. The average molecular weight is 336 g/mol. The maximum Gasteiger partial charge on any atom is 0.406 e. The first-order valence-corrected chi connectivity index (χ1v) is 7.54. The molecule has 3 rings (SSSR count). The van der Waals surface area contributed by atoms with E-state index in [0.717, 1.165) is 10.1 Å². The summed E-state index contributed by atoms with van der Waals surface area (Å²) in [5.41, 5.74) is 0. The van der Waals surface area contributed by atoms with Gasteiger partial charge in [-0.2, -0.15) is 13.2 Å². The molecule has 3 nitrogen and oxygen atoms in total. The summed E-state index contributed by atoms with van der Waals surface area (Å²) in [7, 11) is 0. The summed E-state index contributed by atoms with van der Waals surface area (Å²) in [5, 5.41) is 0.828. The van der Waals surface area contributed by atoms with Gasteiger partial charge in [-0.1, -0.05) is 24.3 Å². The third-order valence-corrected chi connectivity index (χ3v) is 4.25. The lowest BCUT2D eigenvalue weighted by molar-refractivity contribution is -0.118. The number of carbonyl (C=O) groups is 1. The van der Waals surface area contributed by atoms with E-state index in [2.05, 4.69) is 4.98 Å². The van der Waals surface area contributed by atoms with Crippen molar-refractivity contribution in [2.24, 2.45) is 0 Å². The van der Waals surface area contributed by atoms with E-state index in [0.29, 0.717) is 4.90 Å². The predicted molar refractivity (Wildman–Crippen MR) is 83.8 cm³/mol. The van der Waals surface area contributed by atoms with Gasteiger partial charge in [0.05, 0.1) is 4.88 Å². The highest BCUT2D eigenvalue weighted by molar-refractivity contribution is 7.20. The standard InChI is InChI=1S/C16H11F3N2OS/c17-16(18,19)10-21(14-7-3-4-8-20-14)15(22)13-9-11-5-1-2-6-12(11)23-13/h1-9H,10H2. The maximum atomic E-state index is 12.9. The molecule has 23 heavy (non-hydrogen) atoms. The molecule has 0 unspecified atom stereocenters. The number of amides is 1. The second-order valence-corrected chi connectivity index (χ2v) is 5.93. The van der Waals surface area contributed by atoms with Crippen LogP contribution in [0.3, 0.4) is 0 Å². The molecule has 1 aromatic carbocycles. The van der Waals surface area contributed by atoms with Gasteiger partial charge in [0.1, 0.15) is 12.4 Å². The van der Waals surface area contributed by atoms with Gasteiger partial charge in [-0.15, -0.1) is 11.3 Å². The van der Waals surface area contributed by atoms with E-state index in [4.69, 9.17) is 0 Å². The highest BCUT2D eigenvalue weighted by Crippen LogP contribution is 2.29. The van der Waals surface area contributed by atoms with E-state index in [1.165, 1.54) is 23.6 Å². The van der Waals surface area contributed by atoms with Crippen molar-refractivity contribution in [1.82, 2.24) is 4.98 Å². The van der Waals surface area contributed by atoms with Crippen LogP contribution < -0.4 is 4.90 Å². The normalized spacial score (nSPS) is 11.6. The number of rotatable bonds is 3. The number of halogens is 3. The van der Waals surface area contributed by atoms with Crippen LogP contribution in [0.5, 0.6) is 0 Å². The Balaban J connectivity index is 2.00. The third-order valence-electron chi connectivity index (χ3n) is 3.14. The molecular weight excluding hydrogens is 325 g/mol. The number of aromatic nitrogens is 1. The zero-order valence-corrected chi connectivity index (χ0v) is 12.6. The fourth-order valence-corrected chi connectivity index (χ4v) is 3.18. The smallest absolute Gasteiger partial charge is 0.283 e. The molecule has 2 heterocycles. The lowest BCUT2D eigenvalue weighted by Gasteiger charge is -2.22. The Hall–Kier alpha value is -2.41. The number of benzene rings is 1. The summed E-state index contributed by atoms with van der Waals surface area (Å²) >= 11 is 1.17. The molecule has 0 aliphatic carbocycles. The molecular formula is C16H11F3N2OS. The van der Waals surface area contributed by atoms with E-state index < -0.39 is 18.6 Å². The Kier molecular flexibility index (Phi) is 4.04.